The Morgan fingerprint density at radius 3 is 2.50 bits per heavy atom. The van der Waals surface area contributed by atoms with Gasteiger partial charge in [-0.2, -0.15) is 0 Å². The minimum atomic E-state index is -0.435. The van der Waals surface area contributed by atoms with Gasteiger partial charge in [0.15, 0.2) is 5.78 Å². The second kappa shape index (κ2) is 5.04. The summed E-state index contributed by atoms with van der Waals surface area (Å²) in [6, 6.07) is 5.50. The summed E-state index contributed by atoms with van der Waals surface area (Å²) >= 11 is 0. The predicted octanol–water partition coefficient (Wildman–Crippen LogP) is 2.63. The van der Waals surface area contributed by atoms with Gasteiger partial charge in [-0.1, -0.05) is 32.9 Å². The lowest BCUT2D eigenvalue weighted by Gasteiger charge is -2.29. The van der Waals surface area contributed by atoms with Gasteiger partial charge in [-0.3, -0.25) is 14.4 Å². The molecule has 1 aliphatic heterocycles. The zero-order valence-electron chi connectivity index (χ0n) is 13.3. The molecule has 0 saturated heterocycles. The molecule has 3 rings (SSSR count). The maximum Gasteiger partial charge on any atom is 0.255 e. The molecular weight excluding hydrogens is 278 g/mol. The quantitative estimate of drug-likeness (QED) is 0.749. The lowest BCUT2D eigenvalue weighted by Crippen LogP contribution is -2.44. The first-order valence-corrected chi connectivity index (χ1v) is 7.76. The molecule has 4 heteroatoms. The highest BCUT2D eigenvalue weighted by atomic mass is 16.2. The number of fused-ring (bicyclic) bond motifs is 1. The topological polar surface area (TPSA) is 54.5 Å². The lowest BCUT2D eigenvalue weighted by atomic mass is 9.85. The minimum Gasteiger partial charge on any atom is -0.324 e. The first-order valence-electron chi connectivity index (χ1n) is 7.76. The van der Waals surface area contributed by atoms with E-state index in [0.29, 0.717) is 24.9 Å². The van der Waals surface area contributed by atoms with E-state index in [9.17, 15) is 14.4 Å². The highest BCUT2D eigenvalue weighted by Gasteiger charge is 2.39. The molecule has 1 amide bonds. The summed E-state index contributed by atoms with van der Waals surface area (Å²) in [5, 5.41) is 0. The number of hydrogen-bond acceptors (Lipinski definition) is 3. The van der Waals surface area contributed by atoms with Crippen LogP contribution in [0.25, 0.3) is 0 Å². The molecular formula is C18H21NO3. The van der Waals surface area contributed by atoms with Crippen LogP contribution in [0.15, 0.2) is 18.2 Å². The number of carbonyl (C=O) groups excluding carboxylic acids is 3. The Balaban J connectivity index is 1.88. The molecule has 1 saturated carbocycles. The number of hydrogen-bond donors (Lipinski definition) is 0. The van der Waals surface area contributed by atoms with Crippen LogP contribution < -0.4 is 0 Å². The van der Waals surface area contributed by atoms with Gasteiger partial charge >= 0.3 is 0 Å². The number of nitrogens with zero attached hydrogens (tertiary/aromatic N) is 1. The van der Waals surface area contributed by atoms with E-state index < -0.39 is 6.04 Å². The third-order valence-electron chi connectivity index (χ3n) is 4.62. The third-order valence-corrected chi connectivity index (χ3v) is 4.62. The normalized spacial score (nSPS) is 22.2. The van der Waals surface area contributed by atoms with E-state index in [1.54, 1.807) is 4.90 Å². The molecule has 1 aromatic carbocycles. The molecule has 4 nitrogen and oxygen atoms in total. The van der Waals surface area contributed by atoms with E-state index in [1.807, 2.05) is 12.1 Å². The van der Waals surface area contributed by atoms with Crippen molar-refractivity contribution in [3.05, 3.63) is 34.9 Å². The molecule has 1 aromatic rings. The molecule has 1 atom stereocenters. The molecule has 0 aromatic heterocycles. The Bertz CT molecular complexity index is 669. The number of ketones is 2. The van der Waals surface area contributed by atoms with E-state index in [0.717, 1.165) is 5.56 Å². The Kier molecular flexibility index (Phi) is 3.42. The fraction of sp³-hybridized carbons (Fsp3) is 0.500. The van der Waals surface area contributed by atoms with E-state index in [1.165, 1.54) is 5.56 Å². The molecule has 22 heavy (non-hydrogen) atoms. The zero-order chi connectivity index (χ0) is 16.1. The summed E-state index contributed by atoms with van der Waals surface area (Å²) in [7, 11) is 0. The van der Waals surface area contributed by atoms with Crippen molar-refractivity contribution in [1.82, 2.24) is 4.90 Å². The number of carbonyl (C=O) groups is 3. The van der Waals surface area contributed by atoms with Gasteiger partial charge in [0.25, 0.3) is 5.91 Å². The average molecular weight is 299 g/mol. The SMILES string of the molecule is CC(C)(C)c1ccc2c(c1)CN([C@H]1CCC(=O)CC1=O)C2=O. The molecule has 2 aliphatic rings. The predicted molar refractivity (Wildman–Crippen MR) is 82.7 cm³/mol. The van der Waals surface area contributed by atoms with Crippen molar-refractivity contribution in [3.8, 4) is 0 Å². The van der Waals surface area contributed by atoms with Gasteiger partial charge in [-0.05, 0) is 29.0 Å². The van der Waals surface area contributed by atoms with Crippen molar-refractivity contribution < 1.29 is 14.4 Å². The van der Waals surface area contributed by atoms with Crippen LogP contribution in [0, 0.1) is 0 Å². The number of Topliss-reactive ketones (excluding diaryl/α,β-unsaturated/α-hetero) is 2. The Hall–Kier alpha value is -1.97. The van der Waals surface area contributed by atoms with Crippen LogP contribution in [-0.4, -0.2) is 28.4 Å². The Morgan fingerprint density at radius 1 is 1.14 bits per heavy atom. The molecule has 0 unspecified atom stereocenters. The second-order valence-electron chi connectivity index (χ2n) is 7.29. The van der Waals surface area contributed by atoms with Crippen molar-refractivity contribution in [3.63, 3.8) is 0 Å². The van der Waals surface area contributed by atoms with Crippen LogP contribution >= 0.6 is 0 Å². The number of rotatable bonds is 1. The zero-order valence-corrected chi connectivity index (χ0v) is 13.3. The van der Waals surface area contributed by atoms with Crippen molar-refractivity contribution in [1.29, 1.82) is 0 Å². The van der Waals surface area contributed by atoms with E-state index in [2.05, 4.69) is 26.8 Å². The van der Waals surface area contributed by atoms with Crippen molar-refractivity contribution in [2.45, 2.75) is 58.0 Å². The number of benzene rings is 1. The van der Waals surface area contributed by atoms with Gasteiger partial charge in [-0.25, -0.2) is 0 Å². The molecule has 1 heterocycles. The fourth-order valence-corrected chi connectivity index (χ4v) is 3.25. The summed E-state index contributed by atoms with van der Waals surface area (Å²) < 4.78 is 0. The molecule has 0 radical (unpaired) electrons. The standard InChI is InChI=1S/C18H21NO3/c1-18(2,3)12-4-6-14-11(8-12)10-19(17(14)22)15-7-5-13(20)9-16(15)21/h4,6,8,15H,5,7,9-10H2,1-3H3/t15-/m0/s1. The van der Waals surface area contributed by atoms with Crippen LogP contribution in [0.5, 0.6) is 0 Å². The van der Waals surface area contributed by atoms with Gasteiger partial charge in [0.05, 0.1) is 12.5 Å². The molecule has 0 N–H and O–H groups in total. The first kappa shape index (κ1) is 14.9. The van der Waals surface area contributed by atoms with Gasteiger partial charge in [0.2, 0.25) is 0 Å². The lowest BCUT2D eigenvalue weighted by molar-refractivity contribution is -0.133. The fourth-order valence-electron chi connectivity index (χ4n) is 3.25. The van der Waals surface area contributed by atoms with Gasteiger partial charge < -0.3 is 4.90 Å². The summed E-state index contributed by atoms with van der Waals surface area (Å²) in [5.74, 6) is -0.211. The monoisotopic (exact) mass is 299 g/mol. The van der Waals surface area contributed by atoms with E-state index in [4.69, 9.17) is 0 Å². The minimum absolute atomic E-state index is 0.0135. The van der Waals surface area contributed by atoms with E-state index >= 15 is 0 Å². The largest absolute Gasteiger partial charge is 0.324 e. The molecule has 0 spiro atoms. The maximum absolute atomic E-state index is 12.6. The average Bonchev–Trinajstić information content (AvgIpc) is 2.75. The maximum atomic E-state index is 12.6. The van der Waals surface area contributed by atoms with Crippen LogP contribution in [0.2, 0.25) is 0 Å². The van der Waals surface area contributed by atoms with Gasteiger partial charge in [0, 0.05) is 18.5 Å². The highest BCUT2D eigenvalue weighted by Crippen LogP contribution is 2.32. The van der Waals surface area contributed by atoms with E-state index in [-0.39, 0.29) is 29.3 Å². The van der Waals surface area contributed by atoms with Crippen molar-refractivity contribution in [2.24, 2.45) is 0 Å². The number of amides is 1. The molecule has 0 bridgehead atoms. The van der Waals surface area contributed by atoms with Crippen molar-refractivity contribution >= 4 is 17.5 Å². The highest BCUT2D eigenvalue weighted by molar-refractivity contribution is 6.07. The van der Waals surface area contributed by atoms with Gasteiger partial charge in [0.1, 0.15) is 5.78 Å². The molecule has 1 fully saturated rings. The van der Waals surface area contributed by atoms with Crippen LogP contribution in [0.4, 0.5) is 0 Å². The Labute approximate surface area is 130 Å². The van der Waals surface area contributed by atoms with Crippen LogP contribution in [0.3, 0.4) is 0 Å². The summed E-state index contributed by atoms with van der Waals surface area (Å²) in [4.78, 5) is 37.7. The van der Waals surface area contributed by atoms with Crippen molar-refractivity contribution in [2.75, 3.05) is 0 Å². The second-order valence-corrected chi connectivity index (χ2v) is 7.29. The Morgan fingerprint density at radius 2 is 1.86 bits per heavy atom. The third kappa shape index (κ3) is 2.47. The smallest absolute Gasteiger partial charge is 0.255 e. The molecule has 116 valence electrons. The summed E-state index contributed by atoms with van der Waals surface area (Å²) in [6.45, 7) is 6.89. The van der Waals surface area contributed by atoms with Crippen LogP contribution in [-0.2, 0) is 21.5 Å². The van der Waals surface area contributed by atoms with Gasteiger partial charge in [-0.15, -0.1) is 0 Å². The summed E-state index contributed by atoms with van der Waals surface area (Å²) in [5.41, 5.74) is 2.89. The summed E-state index contributed by atoms with van der Waals surface area (Å²) in [6.07, 6.45) is 0.825. The van der Waals surface area contributed by atoms with Crippen LogP contribution in [0.1, 0.15) is 61.5 Å². The first-order chi connectivity index (χ1) is 10.3. The molecule has 1 aliphatic carbocycles.